The lowest BCUT2D eigenvalue weighted by Gasteiger charge is -2.39. The second kappa shape index (κ2) is 5.38. The average molecular weight is 238 g/mol. The second-order valence-corrected chi connectivity index (χ2v) is 6.17. The molecule has 0 saturated heterocycles. The summed E-state index contributed by atoms with van der Waals surface area (Å²) >= 11 is 0. The number of nitrogens with one attached hydrogen (secondary N) is 1. The predicted molar refractivity (Wildman–Crippen MR) is 69.5 cm³/mol. The average Bonchev–Trinajstić information content (AvgIpc) is 2.27. The largest absolute Gasteiger partial charge is 0.355 e. The molecule has 0 aliphatic heterocycles. The van der Waals surface area contributed by atoms with E-state index in [1.54, 1.807) is 0 Å². The van der Waals surface area contributed by atoms with Crippen LogP contribution in [0, 0.1) is 17.3 Å². The summed E-state index contributed by atoms with van der Waals surface area (Å²) in [5.74, 6) is 1.79. The molecule has 0 heterocycles. The van der Waals surface area contributed by atoms with Crippen LogP contribution in [0.15, 0.2) is 0 Å². The highest BCUT2D eigenvalue weighted by Crippen LogP contribution is 2.40. The number of hydrogen-bond donors (Lipinski definition) is 2. The summed E-state index contributed by atoms with van der Waals surface area (Å²) in [6, 6.07) is 0. The highest BCUT2D eigenvalue weighted by molar-refractivity contribution is 5.83. The fraction of sp³-hybridized carbons (Fsp3) is 0.929. The van der Waals surface area contributed by atoms with Crippen LogP contribution in [-0.4, -0.2) is 19.0 Å². The van der Waals surface area contributed by atoms with E-state index in [2.05, 4.69) is 12.2 Å². The van der Waals surface area contributed by atoms with E-state index in [1.165, 1.54) is 25.7 Å². The lowest BCUT2D eigenvalue weighted by Crippen LogP contribution is -2.51. The molecule has 0 aromatic carbocycles. The zero-order valence-corrected chi connectivity index (χ0v) is 11.0. The molecule has 0 atom stereocenters. The van der Waals surface area contributed by atoms with E-state index in [0.717, 1.165) is 31.7 Å². The molecule has 1 amide bonds. The number of nitrogens with two attached hydrogens (primary N) is 1. The van der Waals surface area contributed by atoms with Gasteiger partial charge >= 0.3 is 0 Å². The Hall–Kier alpha value is -0.570. The van der Waals surface area contributed by atoms with Crippen molar-refractivity contribution >= 4 is 5.91 Å². The molecule has 0 spiro atoms. The molecular formula is C14H26N2O. The number of amides is 1. The van der Waals surface area contributed by atoms with Crippen LogP contribution in [-0.2, 0) is 4.79 Å². The molecule has 0 radical (unpaired) electrons. The smallest absolute Gasteiger partial charge is 0.227 e. The van der Waals surface area contributed by atoms with Crippen molar-refractivity contribution in [2.45, 2.75) is 51.9 Å². The molecule has 98 valence electrons. The summed E-state index contributed by atoms with van der Waals surface area (Å²) in [4.78, 5) is 12.1. The van der Waals surface area contributed by atoms with Gasteiger partial charge in [0.15, 0.2) is 0 Å². The first kappa shape index (κ1) is 12.9. The van der Waals surface area contributed by atoms with Crippen LogP contribution in [0.4, 0.5) is 0 Å². The lowest BCUT2D eigenvalue weighted by atomic mass is 9.68. The normalized spacial score (nSPS) is 31.6. The lowest BCUT2D eigenvalue weighted by molar-refractivity contribution is -0.135. The van der Waals surface area contributed by atoms with E-state index >= 15 is 0 Å². The Morgan fingerprint density at radius 2 is 1.94 bits per heavy atom. The first-order valence-electron chi connectivity index (χ1n) is 7.15. The topological polar surface area (TPSA) is 55.1 Å². The molecular weight excluding hydrogens is 212 g/mol. The third-order valence-corrected chi connectivity index (χ3v) is 4.87. The minimum atomic E-state index is -0.206. The number of carbonyl (C=O) groups is 1. The van der Waals surface area contributed by atoms with Crippen molar-refractivity contribution < 1.29 is 4.79 Å². The summed E-state index contributed by atoms with van der Waals surface area (Å²) in [7, 11) is 0. The van der Waals surface area contributed by atoms with Crippen molar-refractivity contribution in [1.29, 1.82) is 0 Å². The van der Waals surface area contributed by atoms with Crippen LogP contribution in [0.5, 0.6) is 0 Å². The molecule has 0 aromatic rings. The molecule has 0 unspecified atom stereocenters. The van der Waals surface area contributed by atoms with E-state index < -0.39 is 0 Å². The molecule has 17 heavy (non-hydrogen) atoms. The van der Waals surface area contributed by atoms with Crippen LogP contribution in [0.25, 0.3) is 0 Å². The van der Waals surface area contributed by atoms with Crippen LogP contribution in [0.1, 0.15) is 51.9 Å². The van der Waals surface area contributed by atoms with Crippen molar-refractivity contribution in [1.82, 2.24) is 5.32 Å². The Kier molecular flexibility index (Phi) is 4.08. The first-order chi connectivity index (χ1) is 8.16. The van der Waals surface area contributed by atoms with Crippen molar-refractivity contribution in [2.24, 2.45) is 23.0 Å². The van der Waals surface area contributed by atoms with Crippen molar-refractivity contribution in [3.63, 3.8) is 0 Å². The van der Waals surface area contributed by atoms with E-state index in [-0.39, 0.29) is 11.3 Å². The van der Waals surface area contributed by atoms with E-state index in [9.17, 15) is 4.79 Å². The summed E-state index contributed by atoms with van der Waals surface area (Å²) in [5, 5.41) is 3.14. The fourth-order valence-electron chi connectivity index (χ4n) is 3.09. The maximum Gasteiger partial charge on any atom is 0.227 e. The van der Waals surface area contributed by atoms with Gasteiger partial charge < -0.3 is 11.1 Å². The number of carbonyl (C=O) groups excluding carboxylic acids is 1. The van der Waals surface area contributed by atoms with Gasteiger partial charge in [0.25, 0.3) is 0 Å². The van der Waals surface area contributed by atoms with Gasteiger partial charge in [-0.2, -0.15) is 0 Å². The molecule has 3 heteroatoms. The quantitative estimate of drug-likeness (QED) is 0.787. The monoisotopic (exact) mass is 238 g/mol. The van der Waals surface area contributed by atoms with Gasteiger partial charge in [0.05, 0.1) is 5.41 Å². The number of hydrogen-bond acceptors (Lipinski definition) is 2. The van der Waals surface area contributed by atoms with Gasteiger partial charge in [0.2, 0.25) is 5.91 Å². The van der Waals surface area contributed by atoms with Gasteiger partial charge in [-0.05, 0) is 37.5 Å². The van der Waals surface area contributed by atoms with Crippen molar-refractivity contribution in [3.05, 3.63) is 0 Å². The fourth-order valence-corrected chi connectivity index (χ4v) is 3.09. The third kappa shape index (κ3) is 2.82. The van der Waals surface area contributed by atoms with Crippen LogP contribution in [0.3, 0.4) is 0 Å². The zero-order valence-electron chi connectivity index (χ0n) is 11.0. The van der Waals surface area contributed by atoms with E-state index in [4.69, 9.17) is 5.73 Å². The van der Waals surface area contributed by atoms with Gasteiger partial charge in [0, 0.05) is 13.1 Å². The Bertz CT molecular complexity index is 260. The standard InChI is InChI=1S/C14H26N2O/c1-11-3-5-12(6-4-11)9-16-13(17)14(10-15)7-2-8-14/h11-12H,2-10,15H2,1H3,(H,16,17). The van der Waals surface area contributed by atoms with E-state index in [0.29, 0.717) is 12.5 Å². The minimum Gasteiger partial charge on any atom is -0.355 e. The van der Waals surface area contributed by atoms with Gasteiger partial charge in [-0.3, -0.25) is 4.79 Å². The number of rotatable bonds is 4. The molecule has 2 fully saturated rings. The summed E-state index contributed by atoms with van der Waals surface area (Å²) in [6.45, 7) is 3.71. The van der Waals surface area contributed by atoms with Crippen molar-refractivity contribution in [2.75, 3.05) is 13.1 Å². The maximum absolute atomic E-state index is 12.1. The highest BCUT2D eigenvalue weighted by atomic mass is 16.2. The molecule has 0 aromatic heterocycles. The second-order valence-electron chi connectivity index (χ2n) is 6.17. The molecule has 3 N–H and O–H groups in total. The third-order valence-electron chi connectivity index (χ3n) is 4.87. The highest BCUT2D eigenvalue weighted by Gasteiger charge is 2.42. The molecule has 2 rings (SSSR count). The van der Waals surface area contributed by atoms with Gasteiger partial charge in [-0.1, -0.05) is 26.2 Å². The van der Waals surface area contributed by atoms with Gasteiger partial charge in [0.1, 0.15) is 0 Å². The van der Waals surface area contributed by atoms with Gasteiger partial charge in [-0.15, -0.1) is 0 Å². The Morgan fingerprint density at radius 3 is 2.41 bits per heavy atom. The molecule has 3 nitrogen and oxygen atoms in total. The molecule has 0 bridgehead atoms. The Labute approximate surface area is 105 Å². The van der Waals surface area contributed by atoms with Crippen LogP contribution in [0.2, 0.25) is 0 Å². The van der Waals surface area contributed by atoms with Crippen LogP contribution < -0.4 is 11.1 Å². The SMILES string of the molecule is CC1CCC(CNC(=O)C2(CN)CCC2)CC1. The Balaban J connectivity index is 1.73. The Morgan fingerprint density at radius 1 is 1.29 bits per heavy atom. The van der Waals surface area contributed by atoms with Gasteiger partial charge in [-0.25, -0.2) is 0 Å². The summed E-state index contributed by atoms with van der Waals surface area (Å²) in [5.41, 5.74) is 5.53. The summed E-state index contributed by atoms with van der Waals surface area (Å²) in [6.07, 6.45) is 8.32. The first-order valence-corrected chi connectivity index (χ1v) is 7.15. The maximum atomic E-state index is 12.1. The van der Waals surface area contributed by atoms with Crippen molar-refractivity contribution in [3.8, 4) is 0 Å². The predicted octanol–water partition coefficient (Wildman–Crippen LogP) is 2.06. The van der Waals surface area contributed by atoms with Crippen LogP contribution >= 0.6 is 0 Å². The minimum absolute atomic E-state index is 0.206. The molecule has 2 aliphatic carbocycles. The zero-order chi connectivity index (χ0) is 12.3. The molecule has 2 saturated carbocycles. The summed E-state index contributed by atoms with van der Waals surface area (Å²) < 4.78 is 0. The molecule has 2 aliphatic rings. The van der Waals surface area contributed by atoms with E-state index in [1.807, 2.05) is 0 Å².